The van der Waals surface area contributed by atoms with Gasteiger partial charge in [0.2, 0.25) is 0 Å². The second-order valence-electron chi connectivity index (χ2n) is 4.70. The normalized spacial score (nSPS) is 12.8. The third kappa shape index (κ3) is 2.53. The molecule has 3 aromatic rings. The Balaban J connectivity index is 2.29. The highest BCUT2D eigenvalue weighted by molar-refractivity contribution is 7.90. The fraction of sp³-hybridized carbons (Fsp3) is 0.133. The first kappa shape index (κ1) is 14.7. The van der Waals surface area contributed by atoms with Crippen LogP contribution in [-0.2, 0) is 18.2 Å². The summed E-state index contributed by atoms with van der Waals surface area (Å²) in [6, 6.07) is 11.1. The molecule has 0 saturated carbocycles. The standard InChI is InChI=1S/C15H12Cl2N2OS/c1-19-13-8-11(17)10(16)7-12(13)18-15(19)9-5-3-4-6-14(9)21(2)20/h3-8H,1-2H3. The topological polar surface area (TPSA) is 40.9 Å². The molecule has 0 fully saturated rings. The SMILES string of the molecule is Cn1c(-c2ccccc2[S+](C)[O-])nc2cc(Cl)c(Cl)cc21. The molecular weight excluding hydrogens is 327 g/mol. The smallest absolute Gasteiger partial charge is 0.163 e. The molecule has 2 aromatic carbocycles. The Bertz CT molecular complexity index is 830. The lowest BCUT2D eigenvalue weighted by Gasteiger charge is -2.10. The van der Waals surface area contributed by atoms with Gasteiger partial charge in [-0.2, -0.15) is 0 Å². The van der Waals surface area contributed by atoms with Gasteiger partial charge in [0.15, 0.2) is 4.90 Å². The van der Waals surface area contributed by atoms with E-state index >= 15 is 0 Å². The summed E-state index contributed by atoms with van der Waals surface area (Å²) in [5.74, 6) is 0.745. The number of imidazole rings is 1. The zero-order valence-electron chi connectivity index (χ0n) is 11.4. The van der Waals surface area contributed by atoms with Gasteiger partial charge in [-0.3, -0.25) is 0 Å². The molecule has 0 aliphatic heterocycles. The van der Waals surface area contributed by atoms with Crippen LogP contribution in [0.1, 0.15) is 0 Å². The molecule has 1 aromatic heterocycles. The quantitative estimate of drug-likeness (QED) is 0.654. The molecule has 0 N–H and O–H groups in total. The number of benzene rings is 2. The third-order valence-corrected chi connectivity index (χ3v) is 5.06. The first-order valence-electron chi connectivity index (χ1n) is 6.23. The van der Waals surface area contributed by atoms with Crippen LogP contribution in [0.15, 0.2) is 41.3 Å². The highest BCUT2D eigenvalue weighted by atomic mass is 35.5. The van der Waals surface area contributed by atoms with Crippen molar-refractivity contribution in [2.24, 2.45) is 7.05 Å². The van der Waals surface area contributed by atoms with E-state index in [1.807, 2.05) is 35.9 Å². The predicted octanol–water partition coefficient (Wildman–Crippen LogP) is 4.28. The number of nitrogens with zero attached hydrogens (tertiary/aromatic N) is 2. The van der Waals surface area contributed by atoms with Crippen LogP contribution in [0.3, 0.4) is 0 Å². The van der Waals surface area contributed by atoms with Crippen LogP contribution in [0.2, 0.25) is 10.0 Å². The number of halogens is 2. The summed E-state index contributed by atoms with van der Waals surface area (Å²) in [5.41, 5.74) is 2.50. The van der Waals surface area contributed by atoms with E-state index in [1.165, 1.54) is 0 Å². The average Bonchev–Trinajstić information content (AvgIpc) is 2.76. The highest BCUT2D eigenvalue weighted by Gasteiger charge is 2.18. The maximum atomic E-state index is 11.9. The number of aryl methyl sites for hydroxylation is 1. The van der Waals surface area contributed by atoms with E-state index < -0.39 is 11.2 Å². The lowest BCUT2D eigenvalue weighted by atomic mass is 10.2. The van der Waals surface area contributed by atoms with Crippen molar-refractivity contribution in [1.29, 1.82) is 0 Å². The van der Waals surface area contributed by atoms with E-state index in [-0.39, 0.29) is 0 Å². The van der Waals surface area contributed by atoms with Crippen LogP contribution in [-0.4, -0.2) is 20.4 Å². The number of hydrogen-bond donors (Lipinski definition) is 0. The van der Waals surface area contributed by atoms with Gasteiger partial charge in [-0.25, -0.2) is 4.98 Å². The monoisotopic (exact) mass is 338 g/mol. The van der Waals surface area contributed by atoms with Crippen molar-refractivity contribution in [3.05, 3.63) is 46.4 Å². The van der Waals surface area contributed by atoms with E-state index in [2.05, 4.69) is 4.98 Å². The van der Waals surface area contributed by atoms with E-state index in [0.717, 1.165) is 27.3 Å². The minimum Gasteiger partial charge on any atom is -0.612 e. The predicted molar refractivity (Wildman–Crippen MR) is 88.5 cm³/mol. The minimum atomic E-state index is -1.09. The minimum absolute atomic E-state index is 0.473. The summed E-state index contributed by atoms with van der Waals surface area (Å²) >= 11 is 11.0. The second kappa shape index (κ2) is 5.54. The number of fused-ring (bicyclic) bond motifs is 1. The lowest BCUT2D eigenvalue weighted by molar-refractivity contribution is 0.601. The maximum Gasteiger partial charge on any atom is 0.163 e. The van der Waals surface area contributed by atoms with Crippen molar-refractivity contribution in [3.8, 4) is 11.4 Å². The van der Waals surface area contributed by atoms with Gasteiger partial charge in [0.1, 0.15) is 12.1 Å². The van der Waals surface area contributed by atoms with E-state index in [0.29, 0.717) is 10.0 Å². The molecule has 1 heterocycles. The van der Waals surface area contributed by atoms with Crippen molar-refractivity contribution in [3.63, 3.8) is 0 Å². The molecule has 0 saturated heterocycles. The van der Waals surface area contributed by atoms with Crippen LogP contribution in [0.25, 0.3) is 22.4 Å². The molecule has 0 spiro atoms. The maximum absolute atomic E-state index is 11.9. The van der Waals surface area contributed by atoms with Crippen LogP contribution in [0.4, 0.5) is 0 Å². The Morgan fingerprint density at radius 2 is 1.81 bits per heavy atom. The Morgan fingerprint density at radius 3 is 2.52 bits per heavy atom. The van der Waals surface area contributed by atoms with Gasteiger partial charge >= 0.3 is 0 Å². The van der Waals surface area contributed by atoms with Crippen LogP contribution >= 0.6 is 23.2 Å². The molecule has 1 unspecified atom stereocenters. The van der Waals surface area contributed by atoms with Crippen molar-refractivity contribution in [2.75, 3.05) is 6.26 Å². The molecule has 6 heteroatoms. The molecular formula is C15H12Cl2N2OS. The molecule has 3 rings (SSSR count). The molecule has 108 valence electrons. The zero-order valence-corrected chi connectivity index (χ0v) is 13.8. The molecule has 3 nitrogen and oxygen atoms in total. The zero-order chi connectivity index (χ0) is 15.1. The molecule has 0 amide bonds. The van der Waals surface area contributed by atoms with Crippen molar-refractivity contribution >= 4 is 45.4 Å². The average molecular weight is 339 g/mol. The van der Waals surface area contributed by atoms with Gasteiger partial charge in [-0.1, -0.05) is 35.3 Å². The second-order valence-corrected chi connectivity index (χ2v) is 6.86. The van der Waals surface area contributed by atoms with Gasteiger partial charge in [-0.05, 0) is 35.4 Å². The van der Waals surface area contributed by atoms with E-state index in [9.17, 15) is 4.55 Å². The fourth-order valence-electron chi connectivity index (χ4n) is 2.33. The Hall–Kier alpha value is -1.20. The molecule has 1 atom stereocenters. The van der Waals surface area contributed by atoms with Gasteiger partial charge in [0, 0.05) is 7.05 Å². The van der Waals surface area contributed by atoms with Crippen LogP contribution in [0.5, 0.6) is 0 Å². The summed E-state index contributed by atoms with van der Waals surface area (Å²) < 4.78 is 13.8. The first-order chi connectivity index (χ1) is 9.99. The van der Waals surface area contributed by atoms with Crippen molar-refractivity contribution < 1.29 is 4.55 Å². The Kier molecular flexibility index (Phi) is 3.88. The van der Waals surface area contributed by atoms with Crippen molar-refractivity contribution in [1.82, 2.24) is 9.55 Å². The number of rotatable bonds is 2. The fourth-order valence-corrected chi connectivity index (χ4v) is 3.39. The third-order valence-electron chi connectivity index (χ3n) is 3.36. The van der Waals surface area contributed by atoms with Gasteiger partial charge < -0.3 is 9.12 Å². The number of aromatic nitrogens is 2. The van der Waals surface area contributed by atoms with Gasteiger partial charge in [-0.15, -0.1) is 0 Å². The largest absolute Gasteiger partial charge is 0.612 e. The van der Waals surface area contributed by atoms with Crippen LogP contribution in [0, 0.1) is 0 Å². The molecule has 0 radical (unpaired) electrons. The summed E-state index contributed by atoms with van der Waals surface area (Å²) in [7, 11) is 1.91. The first-order valence-corrected chi connectivity index (χ1v) is 8.54. The van der Waals surface area contributed by atoms with Gasteiger partial charge in [0.25, 0.3) is 0 Å². The Labute approximate surface area is 135 Å². The summed E-state index contributed by atoms with van der Waals surface area (Å²) in [5, 5.41) is 0.965. The van der Waals surface area contributed by atoms with E-state index in [1.54, 1.807) is 18.4 Å². The number of hydrogen-bond acceptors (Lipinski definition) is 2. The molecule has 0 aliphatic rings. The summed E-state index contributed by atoms with van der Waals surface area (Å²) in [6.07, 6.45) is 1.66. The molecule has 0 aliphatic carbocycles. The molecule has 0 bridgehead atoms. The van der Waals surface area contributed by atoms with Crippen molar-refractivity contribution in [2.45, 2.75) is 4.90 Å². The van der Waals surface area contributed by atoms with Gasteiger partial charge in [0.05, 0.1) is 26.6 Å². The lowest BCUT2D eigenvalue weighted by Crippen LogP contribution is -2.02. The summed E-state index contributed by atoms with van der Waals surface area (Å²) in [6.45, 7) is 0. The highest BCUT2D eigenvalue weighted by Crippen LogP contribution is 2.32. The summed E-state index contributed by atoms with van der Waals surface area (Å²) in [4.78, 5) is 5.37. The Morgan fingerprint density at radius 1 is 1.14 bits per heavy atom. The molecule has 21 heavy (non-hydrogen) atoms. The van der Waals surface area contributed by atoms with Crippen LogP contribution < -0.4 is 0 Å². The van der Waals surface area contributed by atoms with E-state index in [4.69, 9.17) is 23.2 Å².